The molecule has 0 saturated carbocycles. The minimum absolute atomic E-state index is 0.0434. The molecule has 0 saturated heterocycles. The average Bonchev–Trinajstić information content (AvgIpc) is 1.83. The molecule has 0 aromatic carbocycles. The van der Waals surface area contributed by atoms with Crippen LogP contribution in [0.4, 0.5) is 0 Å². The third kappa shape index (κ3) is 1.24. The summed E-state index contributed by atoms with van der Waals surface area (Å²) in [5.74, 6) is 0.0434. The van der Waals surface area contributed by atoms with Crippen molar-refractivity contribution in [1.29, 1.82) is 10.8 Å². The summed E-state index contributed by atoms with van der Waals surface area (Å²) >= 11 is 2.00. The lowest BCUT2D eigenvalue weighted by molar-refractivity contribution is 1.44. The lowest BCUT2D eigenvalue weighted by Gasteiger charge is -2.01. The van der Waals surface area contributed by atoms with Gasteiger partial charge in [0.2, 0.25) is 0 Å². The Hall–Kier alpha value is -0.520. The van der Waals surface area contributed by atoms with Crippen molar-refractivity contribution in [1.82, 2.24) is 0 Å². The van der Waals surface area contributed by atoms with Gasteiger partial charge in [-0.1, -0.05) is 0 Å². The van der Waals surface area contributed by atoms with Gasteiger partial charge in [0.1, 0.15) is 5.71 Å². The fourth-order valence-electron chi connectivity index (χ4n) is 0.438. The molecule has 1 aliphatic rings. The van der Waals surface area contributed by atoms with Crippen LogP contribution < -0.4 is 0 Å². The summed E-state index contributed by atoms with van der Waals surface area (Å²) in [7, 11) is 0. The number of aliphatic imine (C=N–C) groups is 1. The van der Waals surface area contributed by atoms with Gasteiger partial charge in [0, 0.05) is 9.79 Å². The highest BCUT2D eigenvalue weighted by Crippen LogP contribution is 2.10. The molecule has 1 aliphatic heterocycles. The molecule has 4 heteroatoms. The molecule has 9 heavy (non-hydrogen) atoms. The summed E-state index contributed by atoms with van der Waals surface area (Å²) in [6, 6.07) is 0. The van der Waals surface area contributed by atoms with E-state index in [1.165, 1.54) is 6.21 Å². The Bertz CT molecular complexity index is 226. The smallest absolute Gasteiger partial charge is 0.171 e. The zero-order chi connectivity index (χ0) is 6.85. The van der Waals surface area contributed by atoms with Crippen molar-refractivity contribution in [3.8, 4) is 0 Å². The van der Waals surface area contributed by atoms with E-state index in [9.17, 15) is 0 Å². The summed E-state index contributed by atoms with van der Waals surface area (Å²) in [6.45, 7) is 0. The number of allylic oxidation sites excluding steroid dienone is 1. The fourth-order valence-corrected chi connectivity index (χ4v) is 0.854. The van der Waals surface area contributed by atoms with Gasteiger partial charge in [0.05, 0.1) is 0 Å². The maximum atomic E-state index is 7.19. The SMILES string of the molecule is N=C1N=CC=C(I)C1=N. The van der Waals surface area contributed by atoms with Crippen LogP contribution in [0.5, 0.6) is 0 Å². The zero-order valence-electron chi connectivity index (χ0n) is 4.48. The summed E-state index contributed by atoms with van der Waals surface area (Å²) in [4.78, 5) is 3.61. The van der Waals surface area contributed by atoms with Crippen molar-refractivity contribution in [3.05, 3.63) is 9.66 Å². The summed E-state index contributed by atoms with van der Waals surface area (Å²) in [6.07, 6.45) is 3.24. The number of hydrogen-bond donors (Lipinski definition) is 2. The van der Waals surface area contributed by atoms with Gasteiger partial charge in [-0.3, -0.25) is 10.8 Å². The molecule has 0 radical (unpaired) electrons. The van der Waals surface area contributed by atoms with Crippen LogP contribution in [0.2, 0.25) is 0 Å². The van der Waals surface area contributed by atoms with Gasteiger partial charge in [-0.25, -0.2) is 4.99 Å². The first kappa shape index (κ1) is 6.60. The second-order valence-corrected chi connectivity index (χ2v) is 2.68. The van der Waals surface area contributed by atoms with Crippen LogP contribution in [0, 0.1) is 10.8 Å². The van der Waals surface area contributed by atoms with Crippen LogP contribution in [-0.4, -0.2) is 17.8 Å². The highest BCUT2D eigenvalue weighted by Gasteiger charge is 2.08. The van der Waals surface area contributed by atoms with Gasteiger partial charge in [-0.15, -0.1) is 0 Å². The molecule has 0 aliphatic carbocycles. The molecule has 2 N–H and O–H groups in total. The number of rotatable bonds is 0. The first-order valence-electron chi connectivity index (χ1n) is 2.29. The van der Waals surface area contributed by atoms with E-state index < -0.39 is 0 Å². The van der Waals surface area contributed by atoms with Crippen LogP contribution in [0.1, 0.15) is 0 Å². The first-order chi connectivity index (χ1) is 4.22. The Labute approximate surface area is 66.0 Å². The van der Waals surface area contributed by atoms with Crippen molar-refractivity contribution in [2.75, 3.05) is 0 Å². The molecule has 0 aromatic heterocycles. The lowest BCUT2D eigenvalue weighted by Crippen LogP contribution is -2.12. The van der Waals surface area contributed by atoms with E-state index in [1.807, 2.05) is 22.6 Å². The van der Waals surface area contributed by atoms with E-state index >= 15 is 0 Å². The quantitative estimate of drug-likeness (QED) is 0.594. The minimum Gasteiger partial charge on any atom is -0.296 e. The van der Waals surface area contributed by atoms with Crippen molar-refractivity contribution in [3.63, 3.8) is 0 Å². The van der Waals surface area contributed by atoms with E-state index in [4.69, 9.17) is 10.8 Å². The molecule has 0 amide bonds. The molecular formula is C5H4IN3. The molecule has 0 aromatic rings. The molecule has 0 spiro atoms. The Morgan fingerprint density at radius 1 is 1.44 bits per heavy atom. The second-order valence-electron chi connectivity index (χ2n) is 1.52. The van der Waals surface area contributed by atoms with E-state index in [2.05, 4.69) is 4.99 Å². The molecular weight excluding hydrogens is 229 g/mol. The molecule has 0 unspecified atom stereocenters. The standard InChI is InChI=1S/C5H4IN3/c6-3-1-2-9-5(8)4(3)7/h1-2,7-8H. The van der Waals surface area contributed by atoms with Crippen LogP contribution in [-0.2, 0) is 0 Å². The van der Waals surface area contributed by atoms with Gasteiger partial charge < -0.3 is 0 Å². The number of amidine groups is 1. The Morgan fingerprint density at radius 2 is 2.11 bits per heavy atom. The van der Waals surface area contributed by atoms with E-state index in [1.54, 1.807) is 6.08 Å². The van der Waals surface area contributed by atoms with Gasteiger partial charge in [-0.05, 0) is 28.7 Å². The first-order valence-corrected chi connectivity index (χ1v) is 3.37. The van der Waals surface area contributed by atoms with Gasteiger partial charge in [0.25, 0.3) is 0 Å². The number of dihydropyridines is 1. The molecule has 1 rings (SSSR count). The average molecular weight is 233 g/mol. The van der Waals surface area contributed by atoms with Gasteiger partial charge >= 0.3 is 0 Å². The predicted octanol–water partition coefficient (Wildman–Crippen LogP) is 1.39. The van der Waals surface area contributed by atoms with Crippen molar-refractivity contribution >= 4 is 40.4 Å². The second kappa shape index (κ2) is 2.38. The number of hydrogen-bond acceptors (Lipinski definition) is 2. The molecule has 0 fully saturated rings. The Balaban J connectivity index is 3.00. The van der Waals surface area contributed by atoms with E-state index in [-0.39, 0.29) is 11.5 Å². The summed E-state index contributed by atoms with van der Waals surface area (Å²) < 4.78 is 0.771. The van der Waals surface area contributed by atoms with Crippen LogP contribution in [0.15, 0.2) is 14.6 Å². The van der Waals surface area contributed by atoms with Crippen LogP contribution in [0.3, 0.4) is 0 Å². The minimum atomic E-state index is 0.0434. The predicted molar refractivity (Wildman–Crippen MR) is 46.0 cm³/mol. The van der Waals surface area contributed by atoms with Crippen molar-refractivity contribution in [2.45, 2.75) is 0 Å². The largest absolute Gasteiger partial charge is 0.296 e. The van der Waals surface area contributed by atoms with Crippen molar-refractivity contribution in [2.24, 2.45) is 4.99 Å². The molecule has 1 heterocycles. The van der Waals surface area contributed by atoms with Crippen molar-refractivity contribution < 1.29 is 0 Å². The molecule has 0 atom stereocenters. The topological polar surface area (TPSA) is 60.1 Å². The Kier molecular flexibility index (Phi) is 1.75. The van der Waals surface area contributed by atoms with Gasteiger partial charge in [-0.2, -0.15) is 0 Å². The molecule has 0 bridgehead atoms. The maximum absolute atomic E-state index is 7.19. The normalized spacial score (nSPS) is 18.1. The summed E-state index contributed by atoms with van der Waals surface area (Å²) in [5, 5.41) is 14.2. The number of halogens is 1. The monoisotopic (exact) mass is 233 g/mol. The van der Waals surface area contributed by atoms with Gasteiger partial charge in [0.15, 0.2) is 5.84 Å². The maximum Gasteiger partial charge on any atom is 0.171 e. The summed E-state index contributed by atoms with van der Waals surface area (Å²) in [5.41, 5.74) is 0.207. The number of nitrogens with one attached hydrogen (secondary N) is 2. The van der Waals surface area contributed by atoms with E-state index in [0.29, 0.717) is 0 Å². The highest BCUT2D eigenvalue weighted by molar-refractivity contribution is 14.1. The fraction of sp³-hybridized carbons (Fsp3) is 0. The highest BCUT2D eigenvalue weighted by atomic mass is 127. The lowest BCUT2D eigenvalue weighted by atomic mass is 10.3. The van der Waals surface area contributed by atoms with Crippen LogP contribution >= 0.6 is 22.6 Å². The third-order valence-corrected chi connectivity index (χ3v) is 1.80. The number of nitrogens with zero attached hydrogens (tertiary/aromatic N) is 1. The third-order valence-electron chi connectivity index (χ3n) is 0.900. The zero-order valence-corrected chi connectivity index (χ0v) is 6.64. The van der Waals surface area contributed by atoms with Crippen LogP contribution in [0.25, 0.3) is 0 Å². The Morgan fingerprint density at radius 3 is 2.56 bits per heavy atom. The molecule has 46 valence electrons. The molecule has 3 nitrogen and oxygen atoms in total. The van der Waals surface area contributed by atoms with E-state index in [0.717, 1.165) is 3.58 Å².